The summed E-state index contributed by atoms with van der Waals surface area (Å²) in [5, 5.41) is 0. The van der Waals surface area contributed by atoms with Gasteiger partial charge < -0.3 is 10.6 Å². The van der Waals surface area contributed by atoms with Gasteiger partial charge in [-0.15, -0.1) is 0 Å². The Bertz CT molecular complexity index is 447. The predicted octanol–water partition coefficient (Wildman–Crippen LogP) is 2.61. The van der Waals surface area contributed by atoms with Crippen molar-refractivity contribution in [1.82, 2.24) is 9.80 Å². The maximum atomic E-state index is 13.2. The highest BCUT2D eigenvalue weighted by Crippen LogP contribution is 2.30. The summed E-state index contributed by atoms with van der Waals surface area (Å²) in [5.41, 5.74) is 7.05. The van der Waals surface area contributed by atoms with Crippen LogP contribution in [0, 0.1) is 5.82 Å². The van der Waals surface area contributed by atoms with Gasteiger partial charge in [0, 0.05) is 23.1 Å². The molecule has 2 N–H and O–H groups in total. The summed E-state index contributed by atoms with van der Waals surface area (Å²) in [6.07, 6.45) is 2.31. The molecule has 0 spiro atoms. The maximum Gasteiger partial charge on any atom is 0.124 e. The number of hydrogen-bond acceptors (Lipinski definition) is 3. The molecule has 0 saturated carbocycles. The average Bonchev–Trinajstić information content (AvgIpc) is 2.42. The molecule has 1 heterocycles. The molecule has 1 aliphatic heterocycles. The largest absolute Gasteiger partial charge is 0.329 e. The molecule has 20 heavy (non-hydrogen) atoms. The summed E-state index contributed by atoms with van der Waals surface area (Å²) < 4.78 is 14.0. The van der Waals surface area contributed by atoms with Crippen LogP contribution < -0.4 is 5.73 Å². The van der Waals surface area contributed by atoms with Gasteiger partial charge in [-0.1, -0.05) is 22.0 Å². The summed E-state index contributed by atoms with van der Waals surface area (Å²) in [7, 11) is 4.29. The second-order valence-electron chi connectivity index (χ2n) is 5.62. The Balaban J connectivity index is 2.14. The van der Waals surface area contributed by atoms with E-state index in [-0.39, 0.29) is 11.9 Å². The quantitative estimate of drug-likeness (QED) is 0.911. The molecular formula is C15H23BrFN3. The lowest BCUT2D eigenvalue weighted by molar-refractivity contribution is 0.109. The van der Waals surface area contributed by atoms with Crippen LogP contribution in [0.3, 0.4) is 0 Å². The SMILES string of the molecule is CN1CCC(N(C)C(CN)c2ccc(F)cc2Br)CC1. The van der Waals surface area contributed by atoms with Gasteiger partial charge in [0.1, 0.15) is 5.82 Å². The van der Waals surface area contributed by atoms with Gasteiger partial charge in [0.2, 0.25) is 0 Å². The fraction of sp³-hybridized carbons (Fsp3) is 0.600. The molecule has 1 aromatic carbocycles. The van der Waals surface area contributed by atoms with Crippen molar-refractivity contribution in [3.8, 4) is 0 Å². The third-order valence-corrected chi connectivity index (χ3v) is 4.99. The first kappa shape index (κ1) is 15.9. The highest BCUT2D eigenvalue weighted by molar-refractivity contribution is 9.10. The van der Waals surface area contributed by atoms with Crippen LogP contribution >= 0.6 is 15.9 Å². The average molecular weight is 344 g/mol. The number of benzene rings is 1. The van der Waals surface area contributed by atoms with Gasteiger partial charge in [-0.25, -0.2) is 4.39 Å². The van der Waals surface area contributed by atoms with Crippen molar-refractivity contribution >= 4 is 15.9 Å². The number of likely N-dealkylation sites (tertiary alicyclic amines) is 1. The van der Waals surface area contributed by atoms with E-state index in [0.717, 1.165) is 36.0 Å². The lowest BCUT2D eigenvalue weighted by atomic mass is 9.98. The van der Waals surface area contributed by atoms with E-state index in [0.29, 0.717) is 12.6 Å². The van der Waals surface area contributed by atoms with E-state index in [4.69, 9.17) is 5.73 Å². The zero-order valence-corrected chi connectivity index (χ0v) is 13.7. The second kappa shape index (κ2) is 6.98. The molecule has 1 fully saturated rings. The van der Waals surface area contributed by atoms with E-state index in [1.807, 2.05) is 6.07 Å². The van der Waals surface area contributed by atoms with Gasteiger partial charge in [-0.2, -0.15) is 0 Å². The van der Waals surface area contributed by atoms with Crippen molar-refractivity contribution in [1.29, 1.82) is 0 Å². The third-order valence-electron chi connectivity index (χ3n) is 4.30. The molecule has 5 heteroatoms. The van der Waals surface area contributed by atoms with E-state index >= 15 is 0 Å². The zero-order chi connectivity index (χ0) is 14.7. The number of piperidine rings is 1. The fourth-order valence-corrected chi connectivity index (χ4v) is 3.56. The van der Waals surface area contributed by atoms with Crippen LogP contribution in [0.1, 0.15) is 24.4 Å². The van der Waals surface area contributed by atoms with Gasteiger partial charge >= 0.3 is 0 Å². The Hall–Kier alpha value is -0.490. The van der Waals surface area contributed by atoms with Gasteiger partial charge in [-0.05, 0) is 57.7 Å². The van der Waals surface area contributed by atoms with Crippen molar-refractivity contribution in [3.05, 3.63) is 34.1 Å². The summed E-state index contributed by atoms with van der Waals surface area (Å²) in [6.45, 7) is 2.78. The molecule has 1 atom stereocenters. The summed E-state index contributed by atoms with van der Waals surface area (Å²) in [5.74, 6) is -0.224. The van der Waals surface area contributed by atoms with Crippen LogP contribution in [-0.4, -0.2) is 49.6 Å². The Morgan fingerprint density at radius 2 is 2.10 bits per heavy atom. The minimum Gasteiger partial charge on any atom is -0.329 e. The molecular weight excluding hydrogens is 321 g/mol. The molecule has 0 aromatic heterocycles. The standard InChI is InChI=1S/C15H23BrFN3/c1-19-7-5-12(6-8-19)20(2)15(10-18)13-4-3-11(17)9-14(13)16/h3-4,9,12,15H,5-8,10,18H2,1-2H3. The van der Waals surface area contributed by atoms with Gasteiger partial charge in [0.15, 0.2) is 0 Å². The number of halogens is 2. The van der Waals surface area contributed by atoms with Crippen molar-refractivity contribution in [3.63, 3.8) is 0 Å². The smallest absolute Gasteiger partial charge is 0.124 e. The fourth-order valence-electron chi connectivity index (χ4n) is 2.94. The lowest BCUT2D eigenvalue weighted by Crippen LogP contribution is -2.45. The Morgan fingerprint density at radius 3 is 2.65 bits per heavy atom. The van der Waals surface area contributed by atoms with E-state index in [9.17, 15) is 4.39 Å². The maximum absolute atomic E-state index is 13.2. The monoisotopic (exact) mass is 343 g/mol. The molecule has 112 valence electrons. The minimum atomic E-state index is -0.224. The van der Waals surface area contributed by atoms with Gasteiger partial charge in [-0.3, -0.25) is 4.90 Å². The molecule has 1 aliphatic rings. The lowest BCUT2D eigenvalue weighted by Gasteiger charge is -2.39. The summed E-state index contributed by atoms with van der Waals surface area (Å²) in [4.78, 5) is 4.71. The zero-order valence-electron chi connectivity index (χ0n) is 12.1. The first-order chi connectivity index (χ1) is 9.52. The Kier molecular flexibility index (Phi) is 5.55. The molecule has 1 unspecified atom stereocenters. The van der Waals surface area contributed by atoms with Crippen LogP contribution in [0.2, 0.25) is 0 Å². The Labute approximate surface area is 129 Å². The normalized spacial score (nSPS) is 19.5. The van der Waals surface area contributed by atoms with E-state index < -0.39 is 0 Å². The van der Waals surface area contributed by atoms with Gasteiger partial charge in [0.05, 0.1) is 0 Å². The molecule has 2 rings (SSSR count). The number of likely N-dealkylation sites (N-methyl/N-ethyl adjacent to an activating group) is 1. The van der Waals surface area contributed by atoms with Crippen LogP contribution in [-0.2, 0) is 0 Å². The molecule has 0 aliphatic carbocycles. The van der Waals surface area contributed by atoms with Crippen LogP contribution in [0.5, 0.6) is 0 Å². The van der Waals surface area contributed by atoms with E-state index in [1.54, 1.807) is 0 Å². The second-order valence-corrected chi connectivity index (χ2v) is 6.47. The van der Waals surface area contributed by atoms with E-state index in [1.165, 1.54) is 12.1 Å². The van der Waals surface area contributed by atoms with Gasteiger partial charge in [0.25, 0.3) is 0 Å². The number of rotatable bonds is 4. The predicted molar refractivity (Wildman–Crippen MR) is 84.2 cm³/mol. The molecule has 1 aromatic rings. The summed E-state index contributed by atoms with van der Waals surface area (Å²) >= 11 is 3.46. The molecule has 0 radical (unpaired) electrons. The topological polar surface area (TPSA) is 32.5 Å². The third kappa shape index (κ3) is 3.58. The van der Waals surface area contributed by atoms with E-state index in [2.05, 4.69) is 39.8 Å². The number of hydrogen-bond donors (Lipinski definition) is 1. The van der Waals surface area contributed by atoms with Crippen molar-refractivity contribution in [2.75, 3.05) is 33.7 Å². The van der Waals surface area contributed by atoms with Crippen molar-refractivity contribution in [2.45, 2.75) is 24.9 Å². The first-order valence-electron chi connectivity index (χ1n) is 7.08. The highest BCUT2D eigenvalue weighted by Gasteiger charge is 2.27. The number of nitrogens with two attached hydrogens (primary N) is 1. The summed E-state index contributed by atoms with van der Waals surface area (Å²) in [6, 6.07) is 5.52. The van der Waals surface area contributed by atoms with Crippen LogP contribution in [0.4, 0.5) is 4.39 Å². The number of nitrogens with zero attached hydrogens (tertiary/aromatic N) is 2. The molecule has 0 bridgehead atoms. The highest BCUT2D eigenvalue weighted by atomic mass is 79.9. The minimum absolute atomic E-state index is 0.124. The van der Waals surface area contributed by atoms with Crippen LogP contribution in [0.15, 0.2) is 22.7 Å². The molecule has 3 nitrogen and oxygen atoms in total. The molecule has 0 amide bonds. The van der Waals surface area contributed by atoms with Crippen LogP contribution in [0.25, 0.3) is 0 Å². The van der Waals surface area contributed by atoms with Crippen molar-refractivity contribution < 1.29 is 4.39 Å². The van der Waals surface area contributed by atoms with Crippen molar-refractivity contribution in [2.24, 2.45) is 5.73 Å². The molecule has 1 saturated heterocycles. The Morgan fingerprint density at radius 1 is 1.45 bits per heavy atom. The first-order valence-corrected chi connectivity index (χ1v) is 7.87.